The van der Waals surface area contributed by atoms with Crippen LogP contribution in [0, 0.1) is 11.3 Å². The van der Waals surface area contributed by atoms with E-state index in [1.807, 2.05) is 24.6 Å². The quantitative estimate of drug-likeness (QED) is 0.850. The molecule has 2 heterocycles. The first-order valence-corrected chi connectivity index (χ1v) is 7.87. The van der Waals surface area contributed by atoms with Gasteiger partial charge in [0.1, 0.15) is 0 Å². The molecule has 0 aliphatic rings. The molecule has 2 aromatic heterocycles. The van der Waals surface area contributed by atoms with E-state index in [9.17, 15) is 4.79 Å². The smallest absolute Gasteiger partial charge is 0.254 e. The van der Waals surface area contributed by atoms with Crippen LogP contribution in [0.5, 0.6) is 0 Å². The molecule has 0 spiro atoms. The molecule has 23 heavy (non-hydrogen) atoms. The topological polar surface area (TPSA) is 74.8 Å². The summed E-state index contributed by atoms with van der Waals surface area (Å²) in [6.45, 7) is 8.59. The average molecular weight is 313 g/mol. The van der Waals surface area contributed by atoms with Gasteiger partial charge in [-0.1, -0.05) is 13.8 Å². The van der Waals surface area contributed by atoms with Gasteiger partial charge < -0.3 is 4.90 Å². The zero-order valence-electron chi connectivity index (χ0n) is 14.4. The van der Waals surface area contributed by atoms with Crippen LogP contribution in [0.25, 0.3) is 11.0 Å². The van der Waals surface area contributed by atoms with Gasteiger partial charge in [-0.2, -0.15) is 10.4 Å². The standard InChI is InChI=1S/C17H23N5O/c1-11(2)15-9-13(17(23)21(5)8-6-7-18)14-10-19-22(12(3)4)16(14)20-15/h9-12H,6,8H2,1-5H3. The highest BCUT2D eigenvalue weighted by Gasteiger charge is 2.21. The van der Waals surface area contributed by atoms with E-state index in [1.54, 1.807) is 18.1 Å². The van der Waals surface area contributed by atoms with Crippen LogP contribution >= 0.6 is 0 Å². The third-order valence-corrected chi connectivity index (χ3v) is 3.80. The second-order valence-corrected chi connectivity index (χ2v) is 6.30. The molecule has 0 unspecified atom stereocenters. The second kappa shape index (κ2) is 6.78. The first-order chi connectivity index (χ1) is 10.9. The van der Waals surface area contributed by atoms with Gasteiger partial charge in [-0.05, 0) is 25.8 Å². The van der Waals surface area contributed by atoms with Crippen molar-refractivity contribution in [1.82, 2.24) is 19.7 Å². The molecule has 0 bridgehead atoms. The minimum atomic E-state index is -0.0992. The molecule has 0 saturated carbocycles. The number of carbonyl (C=O) groups excluding carboxylic acids is 1. The predicted octanol–water partition coefficient (Wildman–Crippen LogP) is 3.12. The van der Waals surface area contributed by atoms with Gasteiger partial charge in [0.05, 0.1) is 29.6 Å². The molecule has 2 aromatic rings. The van der Waals surface area contributed by atoms with Crippen molar-refractivity contribution in [2.45, 2.75) is 46.1 Å². The van der Waals surface area contributed by atoms with E-state index >= 15 is 0 Å². The van der Waals surface area contributed by atoms with Crippen LogP contribution < -0.4 is 0 Å². The molecule has 0 atom stereocenters. The number of hydrogen-bond donors (Lipinski definition) is 0. The van der Waals surface area contributed by atoms with E-state index in [-0.39, 0.29) is 17.9 Å². The molecule has 0 fully saturated rings. The number of nitrogens with zero attached hydrogens (tertiary/aromatic N) is 5. The van der Waals surface area contributed by atoms with Crippen molar-refractivity contribution in [2.75, 3.05) is 13.6 Å². The molecule has 122 valence electrons. The maximum atomic E-state index is 12.8. The number of fused-ring (bicyclic) bond motifs is 1. The van der Waals surface area contributed by atoms with Crippen LogP contribution in [0.4, 0.5) is 0 Å². The number of carbonyl (C=O) groups is 1. The zero-order valence-corrected chi connectivity index (χ0v) is 14.4. The Hall–Kier alpha value is -2.42. The van der Waals surface area contributed by atoms with Crippen molar-refractivity contribution in [3.63, 3.8) is 0 Å². The molecule has 0 saturated heterocycles. The summed E-state index contributed by atoms with van der Waals surface area (Å²) in [6.07, 6.45) is 2.02. The highest BCUT2D eigenvalue weighted by atomic mass is 16.2. The van der Waals surface area contributed by atoms with Gasteiger partial charge >= 0.3 is 0 Å². The summed E-state index contributed by atoms with van der Waals surface area (Å²) >= 11 is 0. The van der Waals surface area contributed by atoms with E-state index in [0.717, 1.165) is 16.7 Å². The monoisotopic (exact) mass is 313 g/mol. The van der Waals surface area contributed by atoms with Crippen LogP contribution in [-0.2, 0) is 0 Å². The SMILES string of the molecule is CC(C)c1cc(C(=O)N(C)CCC#N)c2cnn(C(C)C)c2n1. The van der Waals surface area contributed by atoms with Crippen LogP contribution in [0.2, 0.25) is 0 Å². The number of pyridine rings is 1. The third-order valence-electron chi connectivity index (χ3n) is 3.80. The molecular formula is C17H23N5O. The van der Waals surface area contributed by atoms with Crippen molar-refractivity contribution < 1.29 is 4.79 Å². The van der Waals surface area contributed by atoms with Crippen molar-refractivity contribution >= 4 is 16.9 Å². The van der Waals surface area contributed by atoms with Crippen molar-refractivity contribution in [2.24, 2.45) is 0 Å². The Balaban J connectivity index is 2.58. The van der Waals surface area contributed by atoms with Gasteiger partial charge in [0.15, 0.2) is 5.65 Å². The Morgan fingerprint density at radius 2 is 2.09 bits per heavy atom. The Morgan fingerprint density at radius 3 is 2.65 bits per heavy atom. The highest BCUT2D eigenvalue weighted by molar-refractivity contribution is 6.05. The first kappa shape index (κ1) is 16.9. The molecule has 0 N–H and O–H groups in total. The number of amides is 1. The maximum Gasteiger partial charge on any atom is 0.254 e. The zero-order chi connectivity index (χ0) is 17.1. The lowest BCUT2D eigenvalue weighted by Crippen LogP contribution is -2.28. The predicted molar refractivity (Wildman–Crippen MR) is 89.2 cm³/mol. The Morgan fingerprint density at radius 1 is 1.39 bits per heavy atom. The molecule has 0 aliphatic heterocycles. The second-order valence-electron chi connectivity index (χ2n) is 6.30. The normalized spacial score (nSPS) is 11.2. The lowest BCUT2D eigenvalue weighted by atomic mass is 10.0. The van der Waals surface area contributed by atoms with Crippen LogP contribution in [0.15, 0.2) is 12.3 Å². The average Bonchev–Trinajstić information content (AvgIpc) is 2.94. The summed E-state index contributed by atoms with van der Waals surface area (Å²) in [5, 5.41) is 13.9. The largest absolute Gasteiger partial charge is 0.341 e. The summed E-state index contributed by atoms with van der Waals surface area (Å²) in [7, 11) is 1.72. The summed E-state index contributed by atoms with van der Waals surface area (Å²) in [5.74, 6) is 0.115. The van der Waals surface area contributed by atoms with Crippen LogP contribution in [0.3, 0.4) is 0 Å². The van der Waals surface area contributed by atoms with E-state index in [2.05, 4.69) is 25.0 Å². The van der Waals surface area contributed by atoms with Gasteiger partial charge in [-0.3, -0.25) is 4.79 Å². The molecule has 0 aromatic carbocycles. The minimum Gasteiger partial charge on any atom is -0.341 e. The first-order valence-electron chi connectivity index (χ1n) is 7.87. The molecule has 6 nitrogen and oxygen atoms in total. The Bertz CT molecular complexity index is 754. The molecule has 1 amide bonds. The molecule has 6 heteroatoms. The number of aromatic nitrogens is 3. The van der Waals surface area contributed by atoms with Gasteiger partial charge in [0.2, 0.25) is 0 Å². The lowest BCUT2D eigenvalue weighted by Gasteiger charge is -2.17. The van der Waals surface area contributed by atoms with Gasteiger partial charge in [-0.15, -0.1) is 0 Å². The van der Waals surface area contributed by atoms with E-state index in [1.165, 1.54) is 0 Å². The van der Waals surface area contributed by atoms with Gasteiger partial charge in [0, 0.05) is 25.3 Å². The molecule has 0 radical (unpaired) electrons. The maximum absolute atomic E-state index is 12.8. The summed E-state index contributed by atoms with van der Waals surface area (Å²) < 4.78 is 1.84. The van der Waals surface area contributed by atoms with Gasteiger partial charge in [0.25, 0.3) is 5.91 Å². The Labute approximate surface area is 136 Å². The van der Waals surface area contributed by atoms with Crippen LogP contribution in [-0.4, -0.2) is 39.2 Å². The fraction of sp³-hybridized carbons (Fsp3) is 0.529. The summed E-state index contributed by atoms with van der Waals surface area (Å²) in [4.78, 5) is 19.0. The number of hydrogen-bond acceptors (Lipinski definition) is 4. The lowest BCUT2D eigenvalue weighted by molar-refractivity contribution is 0.0799. The number of rotatable bonds is 5. The fourth-order valence-electron chi connectivity index (χ4n) is 2.41. The third kappa shape index (κ3) is 3.34. The number of nitriles is 1. The van der Waals surface area contributed by atoms with E-state index in [4.69, 9.17) is 10.2 Å². The molecule has 2 rings (SSSR count). The molecule has 0 aliphatic carbocycles. The minimum absolute atomic E-state index is 0.0992. The molecular weight excluding hydrogens is 290 g/mol. The van der Waals surface area contributed by atoms with E-state index in [0.29, 0.717) is 18.5 Å². The highest BCUT2D eigenvalue weighted by Crippen LogP contribution is 2.25. The van der Waals surface area contributed by atoms with E-state index < -0.39 is 0 Å². The van der Waals surface area contributed by atoms with Crippen LogP contribution in [0.1, 0.15) is 62.1 Å². The van der Waals surface area contributed by atoms with Crippen molar-refractivity contribution in [3.8, 4) is 6.07 Å². The Kier molecular flexibility index (Phi) is 4.99. The summed E-state index contributed by atoms with van der Waals surface area (Å²) in [6, 6.07) is 4.09. The fourth-order valence-corrected chi connectivity index (χ4v) is 2.41. The van der Waals surface area contributed by atoms with Crippen molar-refractivity contribution in [3.05, 3.63) is 23.5 Å². The summed E-state index contributed by atoms with van der Waals surface area (Å²) in [5.41, 5.74) is 2.21. The van der Waals surface area contributed by atoms with Crippen molar-refractivity contribution in [1.29, 1.82) is 5.26 Å². The van der Waals surface area contributed by atoms with Gasteiger partial charge in [-0.25, -0.2) is 9.67 Å².